The van der Waals surface area contributed by atoms with Crippen molar-refractivity contribution in [2.45, 2.75) is 32.4 Å². The first-order chi connectivity index (χ1) is 10.3. The second-order valence-corrected chi connectivity index (χ2v) is 6.97. The van der Waals surface area contributed by atoms with Crippen molar-refractivity contribution in [3.63, 3.8) is 0 Å². The molecule has 0 aromatic heterocycles. The van der Waals surface area contributed by atoms with E-state index in [2.05, 4.69) is 22.6 Å². The van der Waals surface area contributed by atoms with E-state index in [9.17, 15) is 4.79 Å². The lowest BCUT2D eigenvalue weighted by Gasteiger charge is -2.33. The summed E-state index contributed by atoms with van der Waals surface area (Å²) in [5, 5.41) is 6.61. The number of nitrogens with zero attached hydrogens (tertiary/aromatic N) is 1. The monoisotopic (exact) mass is 325 g/mol. The van der Waals surface area contributed by atoms with Gasteiger partial charge in [-0.05, 0) is 45.5 Å². The Bertz CT molecular complexity index is 543. The number of rotatable bonds is 2. The van der Waals surface area contributed by atoms with Crippen molar-refractivity contribution >= 4 is 23.4 Å². The largest absolute Gasteiger partial charge is 0.444 e. The highest BCUT2D eigenvalue weighted by atomic mass is 35.5. The van der Waals surface area contributed by atoms with E-state index in [4.69, 9.17) is 16.3 Å². The molecule has 1 aliphatic heterocycles. The molecule has 22 heavy (non-hydrogen) atoms. The van der Waals surface area contributed by atoms with Crippen molar-refractivity contribution in [2.24, 2.45) is 0 Å². The Kier molecular flexibility index (Phi) is 5.32. The van der Waals surface area contributed by atoms with Crippen LogP contribution in [0, 0.1) is 0 Å². The summed E-state index contributed by atoms with van der Waals surface area (Å²) in [5.41, 5.74) is 1.15. The van der Waals surface area contributed by atoms with Gasteiger partial charge in [0, 0.05) is 25.7 Å². The van der Waals surface area contributed by atoms with Gasteiger partial charge in [-0.3, -0.25) is 10.2 Å². The van der Waals surface area contributed by atoms with E-state index in [-0.39, 0.29) is 6.04 Å². The maximum Gasteiger partial charge on any atom is 0.412 e. The molecule has 6 heteroatoms. The molecular formula is C16H24ClN3O2. The summed E-state index contributed by atoms with van der Waals surface area (Å²) in [7, 11) is 2.10. The number of carbonyl (C=O) groups excluding carboxylic acids is 1. The van der Waals surface area contributed by atoms with Crippen LogP contribution in [0.4, 0.5) is 10.5 Å². The van der Waals surface area contributed by atoms with Crippen molar-refractivity contribution in [1.82, 2.24) is 10.2 Å². The van der Waals surface area contributed by atoms with Gasteiger partial charge in [0.1, 0.15) is 5.60 Å². The summed E-state index contributed by atoms with van der Waals surface area (Å²) in [5.74, 6) is 0. The Morgan fingerprint density at radius 1 is 1.45 bits per heavy atom. The summed E-state index contributed by atoms with van der Waals surface area (Å²) in [4.78, 5) is 14.2. The second-order valence-electron chi connectivity index (χ2n) is 6.57. The minimum atomic E-state index is -0.540. The van der Waals surface area contributed by atoms with E-state index in [0.717, 1.165) is 25.2 Å². The fraction of sp³-hybridized carbons (Fsp3) is 0.562. The Labute approximate surface area is 137 Å². The summed E-state index contributed by atoms with van der Waals surface area (Å²) < 4.78 is 5.27. The number of benzene rings is 1. The van der Waals surface area contributed by atoms with Crippen molar-refractivity contribution in [3.8, 4) is 0 Å². The lowest BCUT2D eigenvalue weighted by Crippen LogP contribution is -2.43. The number of likely N-dealkylation sites (N-methyl/N-ethyl adjacent to an activating group) is 1. The van der Waals surface area contributed by atoms with Crippen molar-refractivity contribution in [2.75, 3.05) is 32.0 Å². The number of ether oxygens (including phenoxy) is 1. The molecule has 2 rings (SSSR count). The number of halogens is 1. The summed E-state index contributed by atoms with van der Waals surface area (Å²) >= 11 is 6.19. The molecule has 1 fully saturated rings. The molecule has 2 N–H and O–H groups in total. The Hall–Kier alpha value is -1.30. The quantitative estimate of drug-likeness (QED) is 0.876. The van der Waals surface area contributed by atoms with Crippen LogP contribution < -0.4 is 10.6 Å². The van der Waals surface area contributed by atoms with Gasteiger partial charge < -0.3 is 10.1 Å². The molecule has 1 heterocycles. The molecule has 1 saturated heterocycles. The smallest absolute Gasteiger partial charge is 0.412 e. The molecule has 0 radical (unpaired) electrons. The number of hydrogen-bond acceptors (Lipinski definition) is 4. The maximum absolute atomic E-state index is 11.9. The van der Waals surface area contributed by atoms with E-state index >= 15 is 0 Å². The SMILES string of the molecule is CN1CCNCC1c1ccc(Cl)c(NC(=O)OC(C)(C)C)c1. The van der Waals surface area contributed by atoms with Crippen LogP contribution in [0.2, 0.25) is 5.02 Å². The van der Waals surface area contributed by atoms with Gasteiger partial charge >= 0.3 is 6.09 Å². The van der Waals surface area contributed by atoms with Crippen LogP contribution in [0.25, 0.3) is 0 Å². The topological polar surface area (TPSA) is 53.6 Å². The molecule has 1 amide bonds. The summed E-state index contributed by atoms with van der Waals surface area (Å²) in [6, 6.07) is 5.99. The second kappa shape index (κ2) is 6.86. The van der Waals surface area contributed by atoms with Crippen molar-refractivity contribution in [3.05, 3.63) is 28.8 Å². The van der Waals surface area contributed by atoms with Gasteiger partial charge in [0.2, 0.25) is 0 Å². The van der Waals surface area contributed by atoms with E-state index in [1.54, 1.807) is 0 Å². The average molecular weight is 326 g/mol. The molecule has 0 spiro atoms. The minimum Gasteiger partial charge on any atom is -0.444 e. The van der Waals surface area contributed by atoms with E-state index in [0.29, 0.717) is 10.7 Å². The zero-order valence-electron chi connectivity index (χ0n) is 13.6. The van der Waals surface area contributed by atoms with E-state index in [1.165, 1.54) is 0 Å². The predicted molar refractivity (Wildman–Crippen MR) is 89.5 cm³/mol. The van der Waals surface area contributed by atoms with Gasteiger partial charge in [0.25, 0.3) is 0 Å². The van der Waals surface area contributed by atoms with Crippen molar-refractivity contribution < 1.29 is 9.53 Å². The van der Waals surface area contributed by atoms with Gasteiger partial charge in [0.15, 0.2) is 0 Å². The zero-order valence-corrected chi connectivity index (χ0v) is 14.3. The van der Waals surface area contributed by atoms with Crippen molar-refractivity contribution in [1.29, 1.82) is 0 Å². The van der Waals surface area contributed by atoms with Gasteiger partial charge in [-0.1, -0.05) is 17.7 Å². The first-order valence-corrected chi connectivity index (χ1v) is 7.84. The lowest BCUT2D eigenvalue weighted by atomic mass is 10.0. The number of amides is 1. The molecule has 122 valence electrons. The third kappa shape index (κ3) is 4.60. The molecule has 0 bridgehead atoms. The van der Waals surface area contributed by atoms with Gasteiger partial charge in [-0.15, -0.1) is 0 Å². The highest BCUT2D eigenvalue weighted by Gasteiger charge is 2.22. The highest BCUT2D eigenvalue weighted by molar-refractivity contribution is 6.33. The van der Waals surface area contributed by atoms with Gasteiger partial charge in [-0.25, -0.2) is 4.79 Å². The third-order valence-electron chi connectivity index (χ3n) is 3.52. The number of anilines is 1. The lowest BCUT2D eigenvalue weighted by molar-refractivity contribution is 0.0636. The molecule has 1 unspecified atom stereocenters. The van der Waals surface area contributed by atoms with Crippen LogP contribution in [-0.4, -0.2) is 43.3 Å². The molecule has 5 nitrogen and oxygen atoms in total. The summed E-state index contributed by atoms with van der Waals surface area (Å²) in [6.07, 6.45) is -0.498. The van der Waals surface area contributed by atoms with Crippen LogP contribution in [0.1, 0.15) is 32.4 Å². The first kappa shape index (κ1) is 17.1. The van der Waals surface area contributed by atoms with Crippen LogP contribution in [0.5, 0.6) is 0 Å². The number of nitrogens with one attached hydrogen (secondary N) is 2. The zero-order chi connectivity index (χ0) is 16.3. The van der Waals surface area contributed by atoms with Crippen LogP contribution >= 0.6 is 11.6 Å². The molecular weight excluding hydrogens is 302 g/mol. The standard InChI is InChI=1S/C16H24ClN3O2/c1-16(2,3)22-15(21)19-13-9-11(5-6-12(13)17)14-10-18-7-8-20(14)4/h5-6,9,14,18H,7-8,10H2,1-4H3,(H,19,21). The predicted octanol–water partition coefficient (Wildman–Crippen LogP) is 3.26. The molecule has 0 saturated carbocycles. The van der Waals surface area contributed by atoms with E-state index in [1.807, 2.05) is 39.0 Å². The van der Waals surface area contributed by atoms with Crippen LogP contribution in [-0.2, 0) is 4.74 Å². The maximum atomic E-state index is 11.9. The normalized spacial score (nSPS) is 19.8. The number of piperazine rings is 1. The van der Waals surface area contributed by atoms with E-state index < -0.39 is 11.7 Å². The Morgan fingerprint density at radius 2 is 2.18 bits per heavy atom. The average Bonchev–Trinajstić information content (AvgIpc) is 2.40. The fourth-order valence-corrected chi connectivity index (χ4v) is 2.60. The number of hydrogen-bond donors (Lipinski definition) is 2. The fourth-order valence-electron chi connectivity index (χ4n) is 2.44. The number of carbonyl (C=O) groups is 1. The highest BCUT2D eigenvalue weighted by Crippen LogP contribution is 2.29. The van der Waals surface area contributed by atoms with Gasteiger partial charge in [0.05, 0.1) is 10.7 Å². The Balaban J connectivity index is 2.14. The molecule has 1 aromatic carbocycles. The minimum absolute atomic E-state index is 0.269. The third-order valence-corrected chi connectivity index (χ3v) is 3.85. The van der Waals surface area contributed by atoms with Crippen LogP contribution in [0.15, 0.2) is 18.2 Å². The first-order valence-electron chi connectivity index (χ1n) is 7.47. The molecule has 0 aliphatic carbocycles. The molecule has 1 atom stereocenters. The molecule has 1 aromatic rings. The Morgan fingerprint density at radius 3 is 2.82 bits per heavy atom. The molecule has 1 aliphatic rings. The summed E-state index contributed by atoms with van der Waals surface area (Å²) in [6.45, 7) is 8.34. The van der Waals surface area contributed by atoms with Gasteiger partial charge in [-0.2, -0.15) is 0 Å². The van der Waals surface area contributed by atoms with Crippen LogP contribution in [0.3, 0.4) is 0 Å².